The highest BCUT2D eigenvalue weighted by Gasteiger charge is 2.36. The lowest BCUT2D eigenvalue weighted by molar-refractivity contribution is -0.143. The van der Waals surface area contributed by atoms with Crippen LogP contribution in [-0.4, -0.2) is 64.7 Å². The predicted octanol–water partition coefficient (Wildman–Crippen LogP) is 2.57. The molecule has 10 nitrogen and oxygen atoms in total. The summed E-state index contributed by atoms with van der Waals surface area (Å²) in [6.45, 7) is 10.4. The van der Waals surface area contributed by atoms with E-state index in [4.69, 9.17) is 10.5 Å². The summed E-state index contributed by atoms with van der Waals surface area (Å²) < 4.78 is 5.30. The van der Waals surface area contributed by atoms with Crippen molar-refractivity contribution in [2.24, 2.45) is 5.73 Å². The van der Waals surface area contributed by atoms with E-state index in [0.717, 1.165) is 24.8 Å². The van der Waals surface area contributed by atoms with Crippen LogP contribution in [0.2, 0.25) is 0 Å². The number of benzene rings is 1. The minimum atomic E-state index is -1.20. The number of hydrogen-bond acceptors (Lipinski definition) is 6. The van der Waals surface area contributed by atoms with E-state index >= 15 is 0 Å². The van der Waals surface area contributed by atoms with E-state index in [1.54, 1.807) is 32.9 Å². The molecule has 1 aromatic rings. The summed E-state index contributed by atoms with van der Waals surface area (Å²) >= 11 is 0. The zero-order valence-corrected chi connectivity index (χ0v) is 23.0. The van der Waals surface area contributed by atoms with Gasteiger partial charge in [0.15, 0.2) is 0 Å². The standard InChI is InChI=1S/C27H44N4O6/c1-7-9-18(3)29-24(34)23(20-12-10-19(8-2)11-13-20)31(16-17-32)25(35)21(14-15-22(28)33)30-26(36)37-27(4,5)6/h10-13,18,21,23,32H,7-9,14-17H2,1-6H3,(H2,28,33)(H,29,34)(H,30,36). The molecule has 0 aliphatic carbocycles. The van der Waals surface area contributed by atoms with Gasteiger partial charge in [-0.05, 0) is 58.1 Å². The van der Waals surface area contributed by atoms with Crippen LogP contribution >= 0.6 is 0 Å². The molecule has 37 heavy (non-hydrogen) atoms. The third kappa shape index (κ3) is 11.2. The molecule has 208 valence electrons. The van der Waals surface area contributed by atoms with E-state index in [1.165, 1.54) is 4.90 Å². The fourth-order valence-electron chi connectivity index (χ4n) is 3.90. The SMILES string of the molecule is CCCC(C)NC(=O)C(c1ccc(CC)cc1)N(CCO)C(=O)C(CCC(N)=O)NC(=O)OC(C)(C)C. The highest BCUT2D eigenvalue weighted by atomic mass is 16.6. The molecule has 1 aromatic carbocycles. The van der Waals surface area contributed by atoms with Gasteiger partial charge in [-0.3, -0.25) is 14.4 Å². The lowest BCUT2D eigenvalue weighted by Gasteiger charge is -2.34. The van der Waals surface area contributed by atoms with Crippen LogP contribution in [-0.2, 0) is 25.5 Å². The van der Waals surface area contributed by atoms with E-state index in [9.17, 15) is 24.3 Å². The molecule has 0 spiro atoms. The van der Waals surface area contributed by atoms with Gasteiger partial charge in [-0.25, -0.2) is 4.79 Å². The number of carbonyl (C=O) groups is 4. The number of aryl methyl sites for hydroxylation is 1. The summed E-state index contributed by atoms with van der Waals surface area (Å²) in [5.41, 5.74) is 6.12. The third-order valence-electron chi connectivity index (χ3n) is 5.67. The van der Waals surface area contributed by atoms with E-state index in [0.29, 0.717) is 5.56 Å². The Morgan fingerprint density at radius 2 is 1.68 bits per heavy atom. The minimum Gasteiger partial charge on any atom is -0.444 e. The Hall–Kier alpha value is -3.14. The molecule has 5 N–H and O–H groups in total. The molecule has 0 saturated carbocycles. The molecule has 0 heterocycles. The number of nitrogens with one attached hydrogen (secondary N) is 2. The average Bonchev–Trinajstić information content (AvgIpc) is 2.80. The van der Waals surface area contributed by atoms with Gasteiger partial charge in [0.1, 0.15) is 17.7 Å². The molecule has 0 radical (unpaired) electrons. The second kappa shape index (κ2) is 15.2. The van der Waals surface area contributed by atoms with Crippen molar-refractivity contribution in [2.45, 2.75) is 97.4 Å². The van der Waals surface area contributed by atoms with Gasteiger partial charge in [0, 0.05) is 19.0 Å². The van der Waals surface area contributed by atoms with Crippen molar-refractivity contribution < 1.29 is 29.0 Å². The number of carbonyl (C=O) groups excluding carboxylic acids is 4. The fourth-order valence-corrected chi connectivity index (χ4v) is 3.90. The van der Waals surface area contributed by atoms with Crippen LogP contribution in [0.15, 0.2) is 24.3 Å². The first-order valence-corrected chi connectivity index (χ1v) is 12.9. The van der Waals surface area contributed by atoms with Crippen molar-refractivity contribution in [3.63, 3.8) is 0 Å². The molecular weight excluding hydrogens is 476 g/mol. The van der Waals surface area contributed by atoms with Crippen molar-refractivity contribution in [3.8, 4) is 0 Å². The normalized spacial score (nSPS) is 13.7. The van der Waals surface area contributed by atoms with Crippen LogP contribution < -0.4 is 16.4 Å². The number of ether oxygens (including phenoxy) is 1. The molecule has 0 aliphatic rings. The Labute approximate surface area is 220 Å². The van der Waals surface area contributed by atoms with Crippen molar-refractivity contribution in [1.29, 1.82) is 0 Å². The van der Waals surface area contributed by atoms with Crippen LogP contribution in [0.5, 0.6) is 0 Å². The van der Waals surface area contributed by atoms with E-state index in [2.05, 4.69) is 10.6 Å². The maximum atomic E-state index is 13.8. The summed E-state index contributed by atoms with van der Waals surface area (Å²) in [6, 6.07) is 4.93. The summed E-state index contributed by atoms with van der Waals surface area (Å²) in [5.74, 6) is -1.68. The minimum absolute atomic E-state index is 0.0926. The summed E-state index contributed by atoms with van der Waals surface area (Å²) in [5, 5.41) is 15.3. The van der Waals surface area contributed by atoms with Crippen molar-refractivity contribution >= 4 is 23.8 Å². The van der Waals surface area contributed by atoms with Crippen LogP contribution in [0.3, 0.4) is 0 Å². The quantitative estimate of drug-likeness (QED) is 0.296. The highest BCUT2D eigenvalue weighted by molar-refractivity contribution is 5.92. The molecule has 0 fully saturated rings. The Morgan fingerprint density at radius 1 is 1.05 bits per heavy atom. The van der Waals surface area contributed by atoms with E-state index in [-0.39, 0.29) is 25.4 Å². The number of nitrogens with two attached hydrogens (primary N) is 1. The van der Waals surface area contributed by atoms with E-state index in [1.807, 2.05) is 32.9 Å². The van der Waals surface area contributed by atoms with Crippen LogP contribution in [0.1, 0.15) is 84.4 Å². The van der Waals surface area contributed by atoms with Gasteiger partial charge < -0.3 is 31.1 Å². The Bertz CT molecular complexity index is 897. The van der Waals surface area contributed by atoms with Gasteiger partial charge in [-0.15, -0.1) is 0 Å². The molecule has 0 aromatic heterocycles. The van der Waals surface area contributed by atoms with Crippen molar-refractivity contribution in [1.82, 2.24) is 15.5 Å². The lowest BCUT2D eigenvalue weighted by Crippen LogP contribution is -2.54. The number of alkyl carbamates (subject to hydrolysis) is 1. The molecule has 0 bridgehead atoms. The van der Waals surface area contributed by atoms with Crippen LogP contribution in [0, 0.1) is 0 Å². The molecule has 0 aliphatic heterocycles. The average molecular weight is 521 g/mol. The van der Waals surface area contributed by atoms with Crippen LogP contribution in [0.4, 0.5) is 4.79 Å². The molecule has 3 atom stereocenters. The Morgan fingerprint density at radius 3 is 2.16 bits per heavy atom. The second-order valence-electron chi connectivity index (χ2n) is 10.2. The maximum absolute atomic E-state index is 13.8. The summed E-state index contributed by atoms with van der Waals surface area (Å²) in [4.78, 5) is 52.6. The lowest BCUT2D eigenvalue weighted by atomic mass is 9.99. The third-order valence-corrected chi connectivity index (χ3v) is 5.67. The fraction of sp³-hybridized carbons (Fsp3) is 0.630. The molecule has 4 amide bonds. The van der Waals surface area contributed by atoms with Crippen LogP contribution in [0.25, 0.3) is 0 Å². The zero-order valence-electron chi connectivity index (χ0n) is 23.0. The molecule has 3 unspecified atom stereocenters. The number of amides is 4. The smallest absolute Gasteiger partial charge is 0.408 e. The topological polar surface area (TPSA) is 151 Å². The molecule has 0 saturated heterocycles. The molecule has 10 heteroatoms. The number of aliphatic hydroxyl groups is 1. The molecule has 1 rings (SSSR count). The maximum Gasteiger partial charge on any atom is 0.408 e. The van der Waals surface area contributed by atoms with Crippen molar-refractivity contribution in [3.05, 3.63) is 35.4 Å². The van der Waals surface area contributed by atoms with Gasteiger partial charge in [-0.1, -0.05) is 44.5 Å². The van der Waals surface area contributed by atoms with E-state index < -0.39 is 48.1 Å². The molecular formula is C27H44N4O6. The first-order valence-electron chi connectivity index (χ1n) is 12.9. The largest absolute Gasteiger partial charge is 0.444 e. The summed E-state index contributed by atoms with van der Waals surface area (Å²) in [7, 11) is 0. The first-order chi connectivity index (χ1) is 17.3. The van der Waals surface area contributed by atoms with Gasteiger partial charge in [0.2, 0.25) is 17.7 Å². The van der Waals surface area contributed by atoms with Gasteiger partial charge in [0.25, 0.3) is 0 Å². The second-order valence-corrected chi connectivity index (χ2v) is 10.2. The monoisotopic (exact) mass is 520 g/mol. The van der Waals surface area contributed by atoms with Gasteiger partial charge >= 0.3 is 6.09 Å². The Balaban J connectivity index is 3.45. The Kier molecular flexibility index (Phi) is 13.1. The predicted molar refractivity (Wildman–Crippen MR) is 141 cm³/mol. The number of aliphatic hydroxyl groups excluding tert-OH is 1. The number of primary amides is 1. The van der Waals surface area contributed by atoms with Crippen molar-refractivity contribution in [2.75, 3.05) is 13.2 Å². The zero-order chi connectivity index (χ0) is 28.2. The number of nitrogens with zero attached hydrogens (tertiary/aromatic N) is 1. The van der Waals surface area contributed by atoms with Gasteiger partial charge in [0.05, 0.1) is 6.61 Å². The number of rotatable bonds is 14. The number of hydrogen-bond donors (Lipinski definition) is 4. The first kappa shape index (κ1) is 31.9. The van der Waals surface area contributed by atoms with Gasteiger partial charge in [-0.2, -0.15) is 0 Å². The summed E-state index contributed by atoms with van der Waals surface area (Å²) in [6.07, 6.45) is 1.32. The highest BCUT2D eigenvalue weighted by Crippen LogP contribution is 2.24.